The molecule has 29 heavy (non-hydrogen) atoms. The maximum atomic E-state index is 13.2. The van der Waals surface area contributed by atoms with Crippen molar-refractivity contribution in [1.82, 2.24) is 5.32 Å². The van der Waals surface area contributed by atoms with Crippen LogP contribution in [0.2, 0.25) is 0 Å². The molecule has 2 saturated carbocycles. The first-order chi connectivity index (χ1) is 13.9. The SMILES string of the molecule is C[C@@H]1CCc2c(sc(NC(=O)[C@@H]3[C@H](C(=O)O)[C@H]4C=C[C@H]3C4)c2C(=O)NC2CC2)C1. The first-order valence-electron chi connectivity index (χ1n) is 10.6. The summed E-state index contributed by atoms with van der Waals surface area (Å²) >= 11 is 1.50. The molecule has 1 aromatic rings. The molecule has 0 aromatic carbocycles. The van der Waals surface area contributed by atoms with Crippen LogP contribution in [0.4, 0.5) is 5.00 Å². The van der Waals surface area contributed by atoms with Crippen LogP contribution >= 0.6 is 11.3 Å². The molecule has 7 heteroatoms. The Hall–Kier alpha value is -2.15. The van der Waals surface area contributed by atoms with E-state index in [2.05, 4.69) is 17.6 Å². The van der Waals surface area contributed by atoms with Crippen LogP contribution in [0.15, 0.2) is 12.2 Å². The van der Waals surface area contributed by atoms with Gasteiger partial charge in [0.15, 0.2) is 0 Å². The van der Waals surface area contributed by atoms with Gasteiger partial charge in [0, 0.05) is 10.9 Å². The second-order valence-corrected chi connectivity index (χ2v) is 10.2. The molecule has 2 fully saturated rings. The number of thiophene rings is 1. The summed E-state index contributed by atoms with van der Waals surface area (Å²) in [5, 5.41) is 16.3. The van der Waals surface area contributed by atoms with Gasteiger partial charge < -0.3 is 15.7 Å². The molecule has 4 aliphatic rings. The summed E-state index contributed by atoms with van der Waals surface area (Å²) in [7, 11) is 0. The van der Waals surface area contributed by atoms with Crippen LogP contribution < -0.4 is 10.6 Å². The molecule has 1 aromatic heterocycles. The summed E-state index contributed by atoms with van der Waals surface area (Å²) < 4.78 is 0. The van der Waals surface area contributed by atoms with Gasteiger partial charge in [0.25, 0.3) is 5.91 Å². The summed E-state index contributed by atoms with van der Waals surface area (Å²) in [4.78, 5) is 39.1. The second-order valence-electron chi connectivity index (χ2n) is 9.13. The molecular weight excluding hydrogens is 388 g/mol. The molecule has 5 atom stereocenters. The van der Waals surface area contributed by atoms with E-state index in [1.807, 2.05) is 12.2 Å². The van der Waals surface area contributed by atoms with E-state index in [1.165, 1.54) is 16.2 Å². The monoisotopic (exact) mass is 414 g/mol. The summed E-state index contributed by atoms with van der Waals surface area (Å²) in [6.07, 6.45) is 9.48. The van der Waals surface area contributed by atoms with Crippen molar-refractivity contribution in [3.8, 4) is 0 Å². The fraction of sp³-hybridized carbons (Fsp3) is 0.591. The topological polar surface area (TPSA) is 95.5 Å². The van der Waals surface area contributed by atoms with E-state index < -0.39 is 17.8 Å². The molecule has 3 N–H and O–H groups in total. The second kappa shape index (κ2) is 6.97. The molecule has 5 rings (SSSR count). The highest BCUT2D eigenvalue weighted by Crippen LogP contribution is 2.49. The van der Waals surface area contributed by atoms with Crippen LogP contribution in [0.5, 0.6) is 0 Å². The molecule has 0 unspecified atom stereocenters. The van der Waals surface area contributed by atoms with E-state index in [0.717, 1.165) is 44.1 Å². The van der Waals surface area contributed by atoms with Crippen molar-refractivity contribution >= 4 is 34.1 Å². The number of carboxylic acids is 1. The van der Waals surface area contributed by atoms with Gasteiger partial charge in [-0.25, -0.2) is 0 Å². The Morgan fingerprint density at radius 2 is 1.83 bits per heavy atom. The van der Waals surface area contributed by atoms with Gasteiger partial charge in [-0.1, -0.05) is 19.1 Å². The number of hydrogen-bond donors (Lipinski definition) is 3. The van der Waals surface area contributed by atoms with Crippen molar-refractivity contribution in [3.05, 3.63) is 28.2 Å². The fourth-order valence-corrected chi connectivity index (χ4v) is 6.69. The minimum atomic E-state index is -0.909. The van der Waals surface area contributed by atoms with E-state index in [4.69, 9.17) is 0 Å². The van der Waals surface area contributed by atoms with Crippen molar-refractivity contribution < 1.29 is 19.5 Å². The van der Waals surface area contributed by atoms with Crippen LogP contribution in [-0.4, -0.2) is 28.9 Å². The number of nitrogens with one attached hydrogen (secondary N) is 2. The third-order valence-electron chi connectivity index (χ3n) is 6.94. The van der Waals surface area contributed by atoms with E-state index in [1.54, 1.807) is 0 Å². The predicted molar refractivity (Wildman–Crippen MR) is 110 cm³/mol. The molecule has 1 heterocycles. The Labute approximate surface area is 173 Å². The molecule has 0 spiro atoms. The maximum Gasteiger partial charge on any atom is 0.307 e. The van der Waals surface area contributed by atoms with Crippen molar-refractivity contribution in [1.29, 1.82) is 0 Å². The number of rotatable bonds is 5. The third kappa shape index (κ3) is 3.29. The minimum Gasteiger partial charge on any atom is -0.481 e. The maximum absolute atomic E-state index is 13.2. The fourth-order valence-electron chi connectivity index (χ4n) is 5.28. The Bertz CT molecular complexity index is 916. The molecule has 154 valence electrons. The van der Waals surface area contributed by atoms with Gasteiger partial charge in [-0.05, 0) is 61.8 Å². The zero-order valence-electron chi connectivity index (χ0n) is 16.4. The summed E-state index contributed by atoms with van der Waals surface area (Å²) in [5.41, 5.74) is 1.69. The Kier molecular flexibility index (Phi) is 4.53. The molecule has 0 saturated heterocycles. The highest BCUT2D eigenvalue weighted by molar-refractivity contribution is 7.17. The van der Waals surface area contributed by atoms with E-state index >= 15 is 0 Å². The highest BCUT2D eigenvalue weighted by Gasteiger charge is 2.52. The van der Waals surface area contributed by atoms with E-state index in [9.17, 15) is 19.5 Å². The number of anilines is 1. The van der Waals surface area contributed by atoms with Crippen molar-refractivity contribution in [2.45, 2.75) is 51.5 Å². The van der Waals surface area contributed by atoms with Crippen LogP contribution in [0.25, 0.3) is 0 Å². The van der Waals surface area contributed by atoms with Crippen LogP contribution in [0.3, 0.4) is 0 Å². The highest BCUT2D eigenvalue weighted by atomic mass is 32.1. The molecule has 0 radical (unpaired) electrons. The summed E-state index contributed by atoms with van der Waals surface area (Å²) in [6, 6.07) is 0.246. The number of fused-ring (bicyclic) bond motifs is 3. The summed E-state index contributed by atoms with van der Waals surface area (Å²) in [6.45, 7) is 2.21. The molecule has 0 aliphatic heterocycles. The van der Waals surface area contributed by atoms with Crippen LogP contribution in [-0.2, 0) is 22.4 Å². The number of amides is 2. The zero-order chi connectivity index (χ0) is 20.3. The first kappa shape index (κ1) is 18.9. The number of allylic oxidation sites excluding steroid dienone is 2. The van der Waals surface area contributed by atoms with Crippen LogP contribution in [0.1, 0.15) is 53.4 Å². The Morgan fingerprint density at radius 3 is 2.52 bits per heavy atom. The van der Waals surface area contributed by atoms with Gasteiger partial charge in [-0.15, -0.1) is 11.3 Å². The van der Waals surface area contributed by atoms with Gasteiger partial charge in [-0.3, -0.25) is 14.4 Å². The lowest BCUT2D eigenvalue weighted by atomic mass is 9.82. The predicted octanol–water partition coefficient (Wildman–Crippen LogP) is 3.23. The number of carboxylic acid groups (broad SMARTS) is 1. The third-order valence-corrected chi connectivity index (χ3v) is 8.10. The standard InChI is InChI=1S/C22H26N2O4S/c1-10-2-7-14-15(8-10)29-21(18(14)20(26)23-13-5-6-13)24-19(25)16-11-3-4-12(9-11)17(16)22(27)28/h3-4,10-13,16-17H,2,5-9H2,1H3,(H,23,26)(H,24,25)(H,27,28)/t10-,11+,12+,16+,17-/m1/s1. The van der Waals surface area contributed by atoms with Crippen LogP contribution in [0, 0.1) is 29.6 Å². The van der Waals surface area contributed by atoms with Crippen molar-refractivity contribution in [2.75, 3.05) is 5.32 Å². The number of aliphatic carboxylic acids is 1. The lowest BCUT2D eigenvalue weighted by Crippen LogP contribution is -2.36. The smallest absolute Gasteiger partial charge is 0.307 e. The molecule has 2 bridgehead atoms. The Balaban J connectivity index is 1.44. The average Bonchev–Trinajstić information content (AvgIpc) is 3.11. The van der Waals surface area contributed by atoms with Gasteiger partial charge in [-0.2, -0.15) is 0 Å². The summed E-state index contributed by atoms with van der Waals surface area (Å²) in [5.74, 6) is -2.05. The van der Waals surface area contributed by atoms with Gasteiger partial charge >= 0.3 is 5.97 Å². The average molecular weight is 415 g/mol. The molecule has 6 nitrogen and oxygen atoms in total. The number of carbonyl (C=O) groups excluding carboxylic acids is 2. The lowest BCUT2D eigenvalue weighted by Gasteiger charge is -2.23. The van der Waals surface area contributed by atoms with E-state index in [0.29, 0.717) is 16.5 Å². The van der Waals surface area contributed by atoms with Gasteiger partial charge in [0.1, 0.15) is 5.00 Å². The normalized spacial score (nSPS) is 32.1. The first-order valence-corrected chi connectivity index (χ1v) is 11.4. The zero-order valence-corrected chi connectivity index (χ0v) is 17.3. The van der Waals surface area contributed by atoms with Gasteiger partial charge in [0.05, 0.1) is 17.4 Å². The van der Waals surface area contributed by atoms with E-state index in [-0.39, 0.29) is 29.7 Å². The number of carbonyl (C=O) groups is 3. The molecule has 2 amide bonds. The number of hydrogen-bond acceptors (Lipinski definition) is 4. The lowest BCUT2D eigenvalue weighted by molar-refractivity contribution is -0.146. The molecule has 4 aliphatic carbocycles. The quantitative estimate of drug-likeness (QED) is 0.645. The van der Waals surface area contributed by atoms with Crippen molar-refractivity contribution in [2.24, 2.45) is 29.6 Å². The largest absolute Gasteiger partial charge is 0.481 e. The minimum absolute atomic E-state index is 0.0283. The Morgan fingerprint density at radius 1 is 1.10 bits per heavy atom. The molecular formula is C22H26N2O4S. The van der Waals surface area contributed by atoms with Crippen molar-refractivity contribution in [3.63, 3.8) is 0 Å². The van der Waals surface area contributed by atoms with Gasteiger partial charge in [0.2, 0.25) is 5.91 Å².